The third-order valence-electron chi connectivity index (χ3n) is 3.30. The molecule has 110 valence electrons. The second-order valence-corrected chi connectivity index (χ2v) is 12.9. The molecule has 0 radical (unpaired) electrons. The smallest absolute Gasteiger partial charge is 0.264 e. The van der Waals surface area contributed by atoms with Crippen LogP contribution in [-0.4, -0.2) is 35.2 Å². The number of hydrogen-bond donors (Lipinski definition) is 0. The molecule has 0 aromatic carbocycles. The minimum atomic E-state index is -3.39. The summed E-state index contributed by atoms with van der Waals surface area (Å²) in [5.41, 5.74) is 0. The summed E-state index contributed by atoms with van der Waals surface area (Å²) in [7, 11) is -5.18. The predicted molar refractivity (Wildman–Crippen MR) is 77.8 cm³/mol. The Morgan fingerprint density at radius 1 is 1.11 bits per heavy atom. The molecular formula is C12H28O4SSi. The van der Waals surface area contributed by atoms with E-state index < -0.39 is 18.4 Å². The maximum Gasteiger partial charge on any atom is 0.264 e. The van der Waals surface area contributed by atoms with E-state index in [0.29, 0.717) is 6.42 Å². The van der Waals surface area contributed by atoms with E-state index in [1.807, 2.05) is 6.92 Å². The highest BCUT2D eigenvalue weighted by atomic mass is 32.2. The first-order valence-corrected chi connectivity index (χ1v) is 11.0. The average molecular weight is 297 g/mol. The van der Waals surface area contributed by atoms with Gasteiger partial charge in [-0.2, -0.15) is 8.42 Å². The standard InChI is InChI=1S/C12H28O4SSi/c1-10(15-17(6,13)14)9-11(2)16-18(7,8)12(3,4)5/h10-11H,9H2,1-8H3. The first-order valence-electron chi connectivity index (χ1n) is 6.30. The van der Waals surface area contributed by atoms with E-state index in [1.54, 1.807) is 6.92 Å². The lowest BCUT2D eigenvalue weighted by molar-refractivity contribution is 0.125. The van der Waals surface area contributed by atoms with Gasteiger partial charge in [-0.05, 0) is 38.4 Å². The molecule has 0 aliphatic carbocycles. The minimum Gasteiger partial charge on any atom is -0.414 e. The van der Waals surface area contributed by atoms with Crippen molar-refractivity contribution < 1.29 is 17.0 Å². The van der Waals surface area contributed by atoms with Gasteiger partial charge in [0.25, 0.3) is 10.1 Å². The SMILES string of the molecule is CC(CC(C)OS(C)(=O)=O)O[Si](C)(C)C(C)(C)C. The quantitative estimate of drug-likeness (QED) is 0.558. The Morgan fingerprint density at radius 2 is 1.56 bits per heavy atom. The van der Waals surface area contributed by atoms with Crippen LogP contribution in [0.3, 0.4) is 0 Å². The Morgan fingerprint density at radius 3 is 1.89 bits per heavy atom. The fourth-order valence-electron chi connectivity index (χ4n) is 1.53. The van der Waals surface area contributed by atoms with E-state index in [4.69, 9.17) is 8.61 Å². The normalized spacial score (nSPS) is 17.6. The van der Waals surface area contributed by atoms with Gasteiger partial charge in [0.2, 0.25) is 0 Å². The largest absolute Gasteiger partial charge is 0.414 e. The zero-order valence-corrected chi connectivity index (χ0v) is 14.7. The maximum atomic E-state index is 11.0. The van der Waals surface area contributed by atoms with Crippen LogP contribution in [0, 0.1) is 0 Å². The molecule has 0 N–H and O–H groups in total. The number of hydrogen-bond acceptors (Lipinski definition) is 4. The van der Waals surface area contributed by atoms with Gasteiger partial charge in [0.1, 0.15) is 0 Å². The first kappa shape index (κ1) is 18.1. The van der Waals surface area contributed by atoms with Crippen molar-refractivity contribution in [3.05, 3.63) is 0 Å². The van der Waals surface area contributed by atoms with Crippen LogP contribution in [0.5, 0.6) is 0 Å². The Balaban J connectivity index is 4.40. The topological polar surface area (TPSA) is 52.6 Å². The summed E-state index contributed by atoms with van der Waals surface area (Å²) in [6.07, 6.45) is 1.31. The lowest BCUT2D eigenvalue weighted by Gasteiger charge is -2.38. The van der Waals surface area contributed by atoms with Gasteiger partial charge in [0.05, 0.1) is 12.4 Å². The second kappa shape index (κ2) is 6.03. The lowest BCUT2D eigenvalue weighted by atomic mass is 10.2. The van der Waals surface area contributed by atoms with Crippen LogP contribution in [0.1, 0.15) is 41.0 Å². The summed E-state index contributed by atoms with van der Waals surface area (Å²) in [4.78, 5) is 0. The molecule has 0 aromatic rings. The molecule has 0 aliphatic rings. The van der Waals surface area contributed by atoms with E-state index in [0.717, 1.165) is 6.26 Å². The van der Waals surface area contributed by atoms with Crippen molar-refractivity contribution in [3.63, 3.8) is 0 Å². The molecule has 0 saturated heterocycles. The van der Waals surface area contributed by atoms with Crippen molar-refractivity contribution in [2.75, 3.05) is 6.26 Å². The molecule has 0 amide bonds. The molecule has 6 heteroatoms. The monoisotopic (exact) mass is 296 g/mol. The van der Waals surface area contributed by atoms with Crippen LogP contribution < -0.4 is 0 Å². The maximum absolute atomic E-state index is 11.0. The zero-order chi connectivity index (χ0) is 14.8. The van der Waals surface area contributed by atoms with Gasteiger partial charge in [0.15, 0.2) is 8.32 Å². The molecule has 0 bridgehead atoms. The molecule has 0 saturated carbocycles. The van der Waals surface area contributed by atoms with Crippen molar-refractivity contribution in [3.8, 4) is 0 Å². The Hall–Kier alpha value is 0.0869. The molecule has 0 aromatic heterocycles. The summed E-state index contributed by atoms with van der Waals surface area (Å²) in [6, 6.07) is 0. The first-order chi connectivity index (χ1) is 7.74. The Kier molecular flexibility index (Phi) is 6.06. The van der Waals surface area contributed by atoms with E-state index in [1.165, 1.54) is 0 Å². The molecule has 0 heterocycles. The Labute approximate surface area is 113 Å². The van der Waals surface area contributed by atoms with Gasteiger partial charge < -0.3 is 4.43 Å². The molecule has 0 fully saturated rings. The molecule has 0 spiro atoms. The van der Waals surface area contributed by atoms with Crippen LogP contribution in [0.25, 0.3) is 0 Å². The van der Waals surface area contributed by atoms with Crippen molar-refractivity contribution in [2.24, 2.45) is 0 Å². The van der Waals surface area contributed by atoms with Gasteiger partial charge in [-0.1, -0.05) is 20.8 Å². The van der Waals surface area contributed by atoms with Gasteiger partial charge >= 0.3 is 0 Å². The van der Waals surface area contributed by atoms with E-state index in [9.17, 15) is 8.42 Å². The van der Waals surface area contributed by atoms with E-state index in [-0.39, 0.29) is 17.2 Å². The van der Waals surface area contributed by atoms with Crippen LogP contribution in [-0.2, 0) is 18.7 Å². The molecule has 2 atom stereocenters. The van der Waals surface area contributed by atoms with E-state index in [2.05, 4.69) is 33.9 Å². The Bertz CT molecular complexity index is 357. The van der Waals surface area contributed by atoms with Gasteiger partial charge in [-0.25, -0.2) is 0 Å². The third-order valence-corrected chi connectivity index (χ3v) is 8.59. The highest BCUT2D eigenvalue weighted by molar-refractivity contribution is 7.86. The van der Waals surface area contributed by atoms with Gasteiger partial charge in [-0.3, -0.25) is 4.18 Å². The zero-order valence-electron chi connectivity index (χ0n) is 12.9. The van der Waals surface area contributed by atoms with Crippen molar-refractivity contribution in [2.45, 2.75) is 71.4 Å². The molecule has 18 heavy (non-hydrogen) atoms. The summed E-state index contributed by atoms with van der Waals surface area (Å²) in [6.45, 7) is 14.7. The van der Waals surface area contributed by atoms with Crippen LogP contribution in [0.2, 0.25) is 18.1 Å². The molecule has 0 rings (SSSR count). The highest BCUT2D eigenvalue weighted by Crippen LogP contribution is 2.37. The van der Waals surface area contributed by atoms with Crippen LogP contribution >= 0.6 is 0 Å². The number of rotatable bonds is 6. The fraction of sp³-hybridized carbons (Fsp3) is 1.00. The summed E-state index contributed by atoms with van der Waals surface area (Å²) in [5, 5.41) is 0.155. The van der Waals surface area contributed by atoms with Crippen LogP contribution in [0.4, 0.5) is 0 Å². The predicted octanol–water partition coefficient (Wildman–Crippen LogP) is 3.15. The van der Waals surface area contributed by atoms with Crippen molar-refractivity contribution in [1.82, 2.24) is 0 Å². The minimum absolute atomic E-state index is 0.00245. The summed E-state index contributed by atoms with van der Waals surface area (Å²) in [5.74, 6) is 0. The highest BCUT2D eigenvalue weighted by Gasteiger charge is 2.38. The van der Waals surface area contributed by atoms with Crippen molar-refractivity contribution >= 4 is 18.4 Å². The molecule has 0 aliphatic heterocycles. The molecule has 4 nitrogen and oxygen atoms in total. The van der Waals surface area contributed by atoms with E-state index >= 15 is 0 Å². The summed E-state index contributed by atoms with van der Waals surface area (Å²) >= 11 is 0. The molecular weight excluding hydrogens is 268 g/mol. The third kappa shape index (κ3) is 6.87. The van der Waals surface area contributed by atoms with Crippen molar-refractivity contribution in [1.29, 1.82) is 0 Å². The molecule has 2 unspecified atom stereocenters. The fourth-order valence-corrected chi connectivity index (χ4v) is 3.66. The summed E-state index contributed by atoms with van der Waals surface area (Å²) < 4.78 is 33.1. The van der Waals surface area contributed by atoms with Crippen LogP contribution in [0.15, 0.2) is 0 Å². The van der Waals surface area contributed by atoms with Gasteiger partial charge in [0, 0.05) is 6.10 Å². The van der Waals surface area contributed by atoms with Gasteiger partial charge in [-0.15, -0.1) is 0 Å². The lowest BCUT2D eigenvalue weighted by Crippen LogP contribution is -2.43. The second-order valence-electron chi connectivity index (χ2n) is 6.54. The average Bonchev–Trinajstić information content (AvgIpc) is 1.94.